The van der Waals surface area contributed by atoms with E-state index in [0.717, 1.165) is 6.42 Å². The highest BCUT2D eigenvalue weighted by molar-refractivity contribution is 5.97. The molecule has 2 atom stereocenters. The van der Waals surface area contributed by atoms with E-state index in [1.807, 2.05) is 19.1 Å². The van der Waals surface area contributed by atoms with Gasteiger partial charge in [-0.3, -0.25) is 9.59 Å². The summed E-state index contributed by atoms with van der Waals surface area (Å²) in [5.41, 5.74) is 0.599. The number of aliphatic carboxylic acids is 1. The van der Waals surface area contributed by atoms with Gasteiger partial charge in [0.05, 0.1) is 24.1 Å². The van der Waals surface area contributed by atoms with Crippen molar-refractivity contribution in [1.29, 1.82) is 0 Å². The standard InChI is InChI=1S/C15H19NO4/c1-2-9-20-13-6-4-3-5-12(13)16-14(17)10-7-8-11(10)15(18)19/h3-6,10-11H,2,7-9H2,1H3,(H,16,17)(H,18,19). The SMILES string of the molecule is CCCOc1ccccc1NC(=O)C1CCC1C(=O)O. The van der Waals surface area contributed by atoms with Crippen LogP contribution in [0.5, 0.6) is 5.75 Å². The molecule has 1 fully saturated rings. The fraction of sp³-hybridized carbons (Fsp3) is 0.467. The molecule has 0 aliphatic heterocycles. The Balaban J connectivity index is 2.02. The molecule has 5 nitrogen and oxygen atoms in total. The van der Waals surface area contributed by atoms with Gasteiger partial charge in [0.15, 0.2) is 0 Å². The van der Waals surface area contributed by atoms with Crippen molar-refractivity contribution in [2.45, 2.75) is 26.2 Å². The highest BCUT2D eigenvalue weighted by Gasteiger charge is 2.41. The average molecular weight is 277 g/mol. The topological polar surface area (TPSA) is 75.6 Å². The molecule has 0 heterocycles. The number of ether oxygens (including phenoxy) is 1. The average Bonchev–Trinajstić information content (AvgIpc) is 2.35. The van der Waals surface area contributed by atoms with Crippen LogP contribution < -0.4 is 10.1 Å². The number of carbonyl (C=O) groups is 2. The molecule has 0 radical (unpaired) electrons. The Morgan fingerprint density at radius 2 is 2.00 bits per heavy atom. The minimum absolute atomic E-state index is 0.240. The Kier molecular flexibility index (Phi) is 4.61. The molecule has 5 heteroatoms. The summed E-state index contributed by atoms with van der Waals surface area (Å²) in [7, 11) is 0. The minimum atomic E-state index is -0.896. The molecule has 2 N–H and O–H groups in total. The first-order chi connectivity index (χ1) is 9.63. The van der Waals surface area contributed by atoms with Crippen molar-refractivity contribution in [3.05, 3.63) is 24.3 Å². The largest absolute Gasteiger partial charge is 0.491 e. The first-order valence-electron chi connectivity index (χ1n) is 6.89. The Morgan fingerprint density at radius 3 is 2.60 bits per heavy atom. The van der Waals surface area contributed by atoms with Gasteiger partial charge >= 0.3 is 5.97 Å². The van der Waals surface area contributed by atoms with E-state index in [4.69, 9.17) is 9.84 Å². The zero-order chi connectivity index (χ0) is 14.5. The molecule has 2 unspecified atom stereocenters. The molecule has 1 aromatic rings. The molecule has 0 saturated heterocycles. The van der Waals surface area contributed by atoms with Gasteiger partial charge in [-0.2, -0.15) is 0 Å². The summed E-state index contributed by atoms with van der Waals surface area (Å²) >= 11 is 0. The molecule has 20 heavy (non-hydrogen) atoms. The van der Waals surface area contributed by atoms with E-state index in [1.165, 1.54) is 0 Å². The fourth-order valence-corrected chi connectivity index (χ4v) is 2.24. The van der Waals surface area contributed by atoms with Crippen molar-refractivity contribution in [2.75, 3.05) is 11.9 Å². The summed E-state index contributed by atoms with van der Waals surface area (Å²) in [5.74, 6) is -1.51. The van der Waals surface area contributed by atoms with Gasteiger partial charge in [0.2, 0.25) is 5.91 Å². The summed E-state index contributed by atoms with van der Waals surface area (Å²) in [4.78, 5) is 23.1. The fourth-order valence-electron chi connectivity index (χ4n) is 2.24. The van der Waals surface area contributed by atoms with Crippen LogP contribution in [0.3, 0.4) is 0 Å². The molecule has 1 aliphatic rings. The number of amides is 1. The van der Waals surface area contributed by atoms with Gasteiger partial charge in [-0.25, -0.2) is 0 Å². The third kappa shape index (κ3) is 3.10. The number of carboxylic acid groups (broad SMARTS) is 1. The summed E-state index contributed by atoms with van der Waals surface area (Å²) < 4.78 is 5.56. The number of carbonyl (C=O) groups excluding carboxylic acids is 1. The number of carboxylic acids is 1. The normalized spacial score (nSPS) is 20.9. The van der Waals surface area contributed by atoms with Crippen molar-refractivity contribution < 1.29 is 19.4 Å². The number of rotatable bonds is 6. The van der Waals surface area contributed by atoms with Crippen LogP contribution in [0.4, 0.5) is 5.69 Å². The van der Waals surface area contributed by atoms with Gasteiger partial charge in [0.25, 0.3) is 0 Å². The second kappa shape index (κ2) is 6.41. The molecule has 0 bridgehead atoms. The van der Waals surface area contributed by atoms with Crippen LogP contribution >= 0.6 is 0 Å². The lowest BCUT2D eigenvalue weighted by Crippen LogP contribution is -2.41. The quantitative estimate of drug-likeness (QED) is 0.837. The molecule has 1 aliphatic carbocycles. The number of nitrogens with one attached hydrogen (secondary N) is 1. The van der Waals surface area contributed by atoms with E-state index < -0.39 is 17.8 Å². The molecular weight excluding hydrogens is 258 g/mol. The first kappa shape index (κ1) is 14.4. The lowest BCUT2D eigenvalue weighted by atomic mass is 9.73. The van der Waals surface area contributed by atoms with Crippen LogP contribution in [0.15, 0.2) is 24.3 Å². The van der Waals surface area contributed by atoms with Crippen molar-refractivity contribution >= 4 is 17.6 Å². The smallest absolute Gasteiger partial charge is 0.307 e. The van der Waals surface area contributed by atoms with Gasteiger partial charge < -0.3 is 15.2 Å². The summed E-state index contributed by atoms with van der Waals surface area (Å²) in [6, 6.07) is 7.20. The summed E-state index contributed by atoms with van der Waals surface area (Å²) in [6.07, 6.45) is 2.08. The van der Waals surface area contributed by atoms with E-state index in [-0.39, 0.29) is 5.91 Å². The van der Waals surface area contributed by atoms with Crippen molar-refractivity contribution in [3.63, 3.8) is 0 Å². The van der Waals surface area contributed by atoms with E-state index >= 15 is 0 Å². The summed E-state index contributed by atoms with van der Waals surface area (Å²) in [6.45, 7) is 2.58. The van der Waals surface area contributed by atoms with E-state index in [0.29, 0.717) is 30.9 Å². The molecule has 108 valence electrons. The lowest BCUT2D eigenvalue weighted by molar-refractivity contribution is -0.151. The number of hydrogen-bond donors (Lipinski definition) is 2. The van der Waals surface area contributed by atoms with Crippen molar-refractivity contribution in [1.82, 2.24) is 0 Å². The summed E-state index contributed by atoms with van der Waals surface area (Å²) in [5, 5.41) is 11.8. The second-order valence-corrected chi connectivity index (χ2v) is 4.96. The lowest BCUT2D eigenvalue weighted by Gasteiger charge is -2.32. The Bertz CT molecular complexity index is 500. The van der Waals surface area contributed by atoms with Gasteiger partial charge in [0, 0.05) is 0 Å². The number of anilines is 1. The molecule has 1 saturated carbocycles. The maximum absolute atomic E-state index is 12.1. The molecule has 1 amide bonds. The number of para-hydroxylation sites is 2. The van der Waals surface area contributed by atoms with E-state index in [2.05, 4.69) is 5.32 Å². The predicted octanol–water partition coefficient (Wildman–Crippen LogP) is 2.52. The zero-order valence-electron chi connectivity index (χ0n) is 11.5. The highest BCUT2D eigenvalue weighted by atomic mass is 16.5. The predicted molar refractivity (Wildman–Crippen MR) is 74.7 cm³/mol. The maximum atomic E-state index is 12.1. The van der Waals surface area contributed by atoms with Crippen LogP contribution in [0.1, 0.15) is 26.2 Å². The van der Waals surface area contributed by atoms with Crippen LogP contribution in [-0.4, -0.2) is 23.6 Å². The van der Waals surface area contributed by atoms with Crippen molar-refractivity contribution in [2.24, 2.45) is 11.8 Å². The highest BCUT2D eigenvalue weighted by Crippen LogP contribution is 2.36. The molecular formula is C15H19NO4. The third-order valence-corrected chi connectivity index (χ3v) is 3.53. The monoisotopic (exact) mass is 277 g/mol. The van der Waals surface area contributed by atoms with Gasteiger partial charge in [-0.05, 0) is 31.4 Å². The number of hydrogen-bond acceptors (Lipinski definition) is 3. The zero-order valence-corrected chi connectivity index (χ0v) is 11.5. The van der Waals surface area contributed by atoms with Crippen LogP contribution in [-0.2, 0) is 9.59 Å². The molecule has 1 aromatic carbocycles. The van der Waals surface area contributed by atoms with Gasteiger partial charge in [-0.15, -0.1) is 0 Å². The third-order valence-electron chi connectivity index (χ3n) is 3.53. The Labute approximate surface area is 117 Å². The van der Waals surface area contributed by atoms with E-state index in [1.54, 1.807) is 12.1 Å². The minimum Gasteiger partial charge on any atom is -0.491 e. The Hall–Kier alpha value is -2.04. The maximum Gasteiger partial charge on any atom is 0.307 e. The van der Waals surface area contributed by atoms with Crippen molar-refractivity contribution in [3.8, 4) is 5.75 Å². The number of benzene rings is 1. The first-order valence-corrected chi connectivity index (χ1v) is 6.89. The second-order valence-electron chi connectivity index (χ2n) is 4.96. The van der Waals surface area contributed by atoms with E-state index in [9.17, 15) is 9.59 Å². The molecule has 0 aromatic heterocycles. The van der Waals surface area contributed by atoms with Gasteiger partial charge in [0.1, 0.15) is 5.75 Å². The molecule has 0 spiro atoms. The van der Waals surface area contributed by atoms with Crippen LogP contribution in [0, 0.1) is 11.8 Å². The molecule has 2 rings (SSSR count). The van der Waals surface area contributed by atoms with Gasteiger partial charge in [-0.1, -0.05) is 19.1 Å². The van der Waals surface area contributed by atoms with Crippen LogP contribution in [0.25, 0.3) is 0 Å². The van der Waals surface area contributed by atoms with Crippen LogP contribution in [0.2, 0.25) is 0 Å². The Morgan fingerprint density at radius 1 is 1.30 bits per heavy atom.